The van der Waals surface area contributed by atoms with Gasteiger partial charge in [0.1, 0.15) is 6.54 Å². The van der Waals surface area contributed by atoms with Gasteiger partial charge in [0, 0.05) is 13.0 Å². The van der Waals surface area contributed by atoms with Crippen molar-refractivity contribution in [2.75, 3.05) is 20.7 Å². The molecule has 0 aliphatic heterocycles. The Kier molecular flexibility index (Phi) is 5.92. The quantitative estimate of drug-likeness (QED) is 0.625. The van der Waals surface area contributed by atoms with Gasteiger partial charge in [-0.3, -0.25) is 9.59 Å². The van der Waals surface area contributed by atoms with E-state index < -0.39 is 0 Å². The van der Waals surface area contributed by atoms with E-state index in [-0.39, 0.29) is 24.3 Å². The fourth-order valence-corrected chi connectivity index (χ4v) is 1.27. The minimum Gasteiger partial charge on any atom is -0.468 e. The van der Waals surface area contributed by atoms with Gasteiger partial charge in [0.15, 0.2) is 0 Å². The molecule has 0 aromatic rings. The number of carbonyl (C=O) groups is 2. The predicted octanol–water partition coefficient (Wildman–Crippen LogP) is 1.05. The average Bonchev–Trinajstić information content (AvgIpc) is 2.16. The van der Waals surface area contributed by atoms with Gasteiger partial charge < -0.3 is 9.64 Å². The first-order valence-corrected chi connectivity index (χ1v) is 4.84. The molecule has 0 aliphatic rings. The van der Waals surface area contributed by atoms with E-state index in [0.29, 0.717) is 0 Å². The Morgan fingerprint density at radius 3 is 2.43 bits per heavy atom. The summed E-state index contributed by atoms with van der Waals surface area (Å²) in [5.74, 6) is -0.406. The third kappa shape index (κ3) is 4.25. The Balaban J connectivity index is 4.04. The fourth-order valence-electron chi connectivity index (χ4n) is 1.27. The van der Waals surface area contributed by atoms with Crippen LogP contribution in [0.3, 0.4) is 0 Å². The molecular weight excluding hydrogens is 182 g/mol. The van der Waals surface area contributed by atoms with Crippen molar-refractivity contribution in [1.29, 1.82) is 0 Å². The van der Waals surface area contributed by atoms with Crippen LogP contribution in [0.4, 0.5) is 0 Å². The lowest BCUT2D eigenvalue weighted by Crippen LogP contribution is -2.36. The summed E-state index contributed by atoms with van der Waals surface area (Å²) in [6, 6.07) is 0. The van der Waals surface area contributed by atoms with Crippen molar-refractivity contribution < 1.29 is 14.3 Å². The number of likely N-dealkylation sites (N-methyl/N-ethyl adjacent to an activating group) is 1. The van der Waals surface area contributed by atoms with Gasteiger partial charge in [0.05, 0.1) is 7.11 Å². The van der Waals surface area contributed by atoms with Crippen molar-refractivity contribution in [2.45, 2.75) is 26.7 Å². The number of carbonyl (C=O) groups excluding carboxylic acids is 2. The molecule has 0 N–H and O–H groups in total. The van der Waals surface area contributed by atoms with Crippen molar-refractivity contribution in [3.05, 3.63) is 0 Å². The number of nitrogens with zero attached hydrogens (tertiary/aromatic N) is 1. The van der Waals surface area contributed by atoms with E-state index in [1.807, 2.05) is 13.8 Å². The number of methoxy groups -OCH3 is 1. The van der Waals surface area contributed by atoms with E-state index in [9.17, 15) is 9.59 Å². The summed E-state index contributed by atoms with van der Waals surface area (Å²) in [6.45, 7) is 3.94. The summed E-state index contributed by atoms with van der Waals surface area (Å²) in [5, 5.41) is 0. The molecule has 0 radical (unpaired) electrons. The molecule has 14 heavy (non-hydrogen) atoms. The minimum atomic E-state index is -0.385. The van der Waals surface area contributed by atoms with Crippen LogP contribution in [-0.4, -0.2) is 37.5 Å². The zero-order valence-corrected chi connectivity index (χ0v) is 9.37. The predicted molar refractivity (Wildman–Crippen MR) is 53.7 cm³/mol. The van der Waals surface area contributed by atoms with Crippen LogP contribution in [0.1, 0.15) is 26.7 Å². The van der Waals surface area contributed by atoms with Crippen LogP contribution in [0.2, 0.25) is 0 Å². The first-order valence-electron chi connectivity index (χ1n) is 4.84. The first kappa shape index (κ1) is 12.9. The van der Waals surface area contributed by atoms with E-state index in [2.05, 4.69) is 4.74 Å². The number of hydrogen-bond donors (Lipinski definition) is 0. The number of esters is 1. The van der Waals surface area contributed by atoms with E-state index in [0.717, 1.165) is 12.8 Å². The van der Waals surface area contributed by atoms with Crippen LogP contribution >= 0.6 is 0 Å². The number of rotatable bonds is 5. The average molecular weight is 201 g/mol. The lowest BCUT2D eigenvalue weighted by atomic mass is 10.1. The van der Waals surface area contributed by atoms with Gasteiger partial charge in [-0.05, 0) is 6.42 Å². The highest BCUT2D eigenvalue weighted by atomic mass is 16.5. The molecule has 1 atom stereocenters. The molecule has 1 amide bonds. The van der Waals surface area contributed by atoms with Crippen molar-refractivity contribution in [1.82, 2.24) is 4.90 Å². The summed E-state index contributed by atoms with van der Waals surface area (Å²) >= 11 is 0. The molecule has 0 rings (SSSR count). The third-order valence-electron chi connectivity index (χ3n) is 2.11. The van der Waals surface area contributed by atoms with Crippen LogP contribution in [0.25, 0.3) is 0 Å². The van der Waals surface area contributed by atoms with Crippen LogP contribution < -0.4 is 0 Å². The highest BCUT2D eigenvalue weighted by Crippen LogP contribution is 2.08. The molecule has 4 nitrogen and oxygen atoms in total. The summed E-state index contributed by atoms with van der Waals surface area (Å²) in [7, 11) is 2.93. The summed E-state index contributed by atoms with van der Waals surface area (Å²) in [5.41, 5.74) is 0. The Bertz CT molecular complexity index is 204. The van der Waals surface area contributed by atoms with Crippen molar-refractivity contribution >= 4 is 11.9 Å². The number of amides is 1. The molecule has 0 fully saturated rings. The van der Waals surface area contributed by atoms with Gasteiger partial charge in [-0.25, -0.2) is 0 Å². The standard InChI is InChI=1S/C10H19NO3/c1-5-6-8(2)10(13)11(3)7-9(12)14-4/h8H,5-7H2,1-4H3. The maximum absolute atomic E-state index is 11.6. The third-order valence-corrected chi connectivity index (χ3v) is 2.11. The largest absolute Gasteiger partial charge is 0.468 e. The second-order valence-electron chi connectivity index (χ2n) is 3.46. The van der Waals surface area contributed by atoms with Gasteiger partial charge in [0.25, 0.3) is 0 Å². The van der Waals surface area contributed by atoms with Crippen LogP contribution in [-0.2, 0) is 14.3 Å². The molecule has 0 aromatic heterocycles. The number of ether oxygens (including phenoxy) is 1. The van der Waals surface area contributed by atoms with Gasteiger partial charge in [-0.2, -0.15) is 0 Å². The van der Waals surface area contributed by atoms with E-state index in [1.165, 1.54) is 12.0 Å². The van der Waals surface area contributed by atoms with Crippen LogP contribution in [0.5, 0.6) is 0 Å². The van der Waals surface area contributed by atoms with E-state index >= 15 is 0 Å². The second-order valence-corrected chi connectivity index (χ2v) is 3.46. The zero-order valence-electron chi connectivity index (χ0n) is 9.37. The Morgan fingerprint density at radius 1 is 1.43 bits per heavy atom. The molecule has 4 heteroatoms. The lowest BCUT2D eigenvalue weighted by molar-refractivity contribution is -0.147. The van der Waals surface area contributed by atoms with Crippen molar-refractivity contribution in [3.63, 3.8) is 0 Å². The molecule has 0 saturated carbocycles. The maximum atomic E-state index is 11.6. The summed E-state index contributed by atoms with van der Waals surface area (Å²) in [4.78, 5) is 23.9. The topological polar surface area (TPSA) is 46.6 Å². The fraction of sp³-hybridized carbons (Fsp3) is 0.800. The number of hydrogen-bond acceptors (Lipinski definition) is 3. The SMILES string of the molecule is CCCC(C)C(=O)N(C)CC(=O)OC. The molecule has 82 valence electrons. The molecular formula is C10H19NO3. The smallest absolute Gasteiger partial charge is 0.325 e. The van der Waals surface area contributed by atoms with Crippen LogP contribution in [0.15, 0.2) is 0 Å². The second kappa shape index (κ2) is 6.40. The Labute approximate surface area is 85.2 Å². The Hall–Kier alpha value is -1.06. The minimum absolute atomic E-state index is 0.00255. The van der Waals surface area contributed by atoms with Gasteiger partial charge in [-0.15, -0.1) is 0 Å². The zero-order chi connectivity index (χ0) is 11.1. The van der Waals surface area contributed by atoms with E-state index in [4.69, 9.17) is 0 Å². The van der Waals surface area contributed by atoms with Crippen molar-refractivity contribution in [2.24, 2.45) is 5.92 Å². The molecule has 0 aromatic carbocycles. The normalized spacial score (nSPS) is 12.0. The Morgan fingerprint density at radius 2 is 2.00 bits per heavy atom. The highest BCUT2D eigenvalue weighted by molar-refractivity contribution is 5.83. The van der Waals surface area contributed by atoms with Crippen molar-refractivity contribution in [3.8, 4) is 0 Å². The first-order chi connectivity index (χ1) is 6.52. The molecule has 0 bridgehead atoms. The molecule has 0 saturated heterocycles. The van der Waals surface area contributed by atoms with Gasteiger partial charge in [-0.1, -0.05) is 20.3 Å². The maximum Gasteiger partial charge on any atom is 0.325 e. The molecule has 0 aliphatic carbocycles. The molecule has 1 unspecified atom stereocenters. The molecule has 0 heterocycles. The summed E-state index contributed by atoms with van der Waals surface area (Å²) in [6.07, 6.45) is 1.82. The monoisotopic (exact) mass is 201 g/mol. The van der Waals surface area contributed by atoms with Gasteiger partial charge >= 0.3 is 5.97 Å². The summed E-state index contributed by atoms with van der Waals surface area (Å²) < 4.78 is 4.48. The highest BCUT2D eigenvalue weighted by Gasteiger charge is 2.18. The lowest BCUT2D eigenvalue weighted by Gasteiger charge is -2.19. The van der Waals surface area contributed by atoms with Gasteiger partial charge in [0.2, 0.25) is 5.91 Å². The molecule has 0 spiro atoms. The van der Waals surface area contributed by atoms with E-state index in [1.54, 1.807) is 7.05 Å². The van der Waals surface area contributed by atoms with Crippen LogP contribution in [0, 0.1) is 5.92 Å².